The Morgan fingerprint density at radius 3 is 2.59 bits per heavy atom. The van der Waals surface area contributed by atoms with Crippen LogP contribution in [0.15, 0.2) is 12.3 Å². The number of aliphatic carboxylic acids is 1. The Morgan fingerprint density at radius 1 is 1.41 bits per heavy atom. The maximum atomic E-state index is 11.5. The maximum Gasteiger partial charge on any atom is 0.315 e. The van der Waals surface area contributed by atoms with Crippen molar-refractivity contribution in [2.45, 2.75) is 50.9 Å². The van der Waals surface area contributed by atoms with E-state index < -0.39 is 11.4 Å². The van der Waals surface area contributed by atoms with Crippen LogP contribution in [-0.2, 0) is 10.2 Å². The number of hydrogen-bond acceptors (Lipinski definition) is 3. The molecule has 1 aromatic rings. The van der Waals surface area contributed by atoms with Gasteiger partial charge in [-0.2, -0.15) is 0 Å². The van der Waals surface area contributed by atoms with Crippen molar-refractivity contribution in [3.8, 4) is 0 Å². The third-order valence-electron chi connectivity index (χ3n) is 3.55. The van der Waals surface area contributed by atoms with E-state index in [1.807, 2.05) is 13.8 Å². The van der Waals surface area contributed by atoms with Crippen molar-refractivity contribution in [2.24, 2.45) is 0 Å². The van der Waals surface area contributed by atoms with Crippen LogP contribution in [0.5, 0.6) is 0 Å². The summed E-state index contributed by atoms with van der Waals surface area (Å²) < 4.78 is 0. The van der Waals surface area contributed by atoms with Crippen molar-refractivity contribution < 1.29 is 9.90 Å². The Morgan fingerprint density at radius 2 is 2.06 bits per heavy atom. The molecule has 0 amide bonds. The standard InChI is InChI=1S/C13H18N2O2/c1-9(2)11-14-8-5-10(15-11)13(12(16)17)6-3-4-7-13/h5,8-9H,3-4,6-7H2,1-2H3,(H,16,17). The highest BCUT2D eigenvalue weighted by molar-refractivity contribution is 5.81. The summed E-state index contributed by atoms with van der Waals surface area (Å²) in [6, 6.07) is 1.76. The Balaban J connectivity index is 2.43. The summed E-state index contributed by atoms with van der Waals surface area (Å²) in [5.41, 5.74) is -0.0896. The second kappa shape index (κ2) is 4.43. The highest BCUT2D eigenvalue weighted by Crippen LogP contribution is 2.40. The van der Waals surface area contributed by atoms with Crippen molar-refractivity contribution in [3.05, 3.63) is 23.8 Å². The predicted molar refractivity (Wildman–Crippen MR) is 63.9 cm³/mol. The van der Waals surface area contributed by atoms with E-state index in [0.717, 1.165) is 18.7 Å². The van der Waals surface area contributed by atoms with Crippen molar-refractivity contribution in [2.75, 3.05) is 0 Å². The van der Waals surface area contributed by atoms with Crippen LogP contribution >= 0.6 is 0 Å². The molecule has 1 aliphatic carbocycles. The van der Waals surface area contributed by atoms with Crippen molar-refractivity contribution >= 4 is 5.97 Å². The normalized spacial score (nSPS) is 18.5. The van der Waals surface area contributed by atoms with Gasteiger partial charge < -0.3 is 5.11 Å². The highest BCUT2D eigenvalue weighted by atomic mass is 16.4. The molecule has 0 spiro atoms. The Kier molecular flexibility index (Phi) is 3.13. The fourth-order valence-corrected chi connectivity index (χ4v) is 2.48. The maximum absolute atomic E-state index is 11.5. The van der Waals surface area contributed by atoms with Gasteiger partial charge in [0.15, 0.2) is 0 Å². The molecule has 4 heteroatoms. The third kappa shape index (κ3) is 2.04. The monoisotopic (exact) mass is 234 g/mol. The molecule has 2 rings (SSSR count). The highest BCUT2D eigenvalue weighted by Gasteiger charge is 2.44. The van der Waals surface area contributed by atoms with Crippen molar-refractivity contribution in [3.63, 3.8) is 0 Å². The summed E-state index contributed by atoms with van der Waals surface area (Å²) in [5.74, 6) is 0.209. The smallest absolute Gasteiger partial charge is 0.315 e. The van der Waals surface area contributed by atoms with Gasteiger partial charge in [0.1, 0.15) is 11.2 Å². The molecule has 4 nitrogen and oxygen atoms in total. The summed E-state index contributed by atoms with van der Waals surface area (Å²) >= 11 is 0. The average molecular weight is 234 g/mol. The fourth-order valence-electron chi connectivity index (χ4n) is 2.48. The van der Waals surface area contributed by atoms with Gasteiger partial charge in [0.2, 0.25) is 0 Å². The van der Waals surface area contributed by atoms with Crippen LogP contribution < -0.4 is 0 Å². The minimum atomic E-state index is -0.771. The van der Waals surface area contributed by atoms with Crippen LogP contribution in [0, 0.1) is 0 Å². The van der Waals surface area contributed by atoms with Crippen LogP contribution in [0.25, 0.3) is 0 Å². The first kappa shape index (κ1) is 12.0. The van der Waals surface area contributed by atoms with Gasteiger partial charge in [0, 0.05) is 12.1 Å². The van der Waals surface area contributed by atoms with Crippen LogP contribution in [0.2, 0.25) is 0 Å². The summed E-state index contributed by atoms with van der Waals surface area (Å²) in [5, 5.41) is 9.49. The van der Waals surface area contributed by atoms with Crippen LogP contribution in [0.3, 0.4) is 0 Å². The van der Waals surface area contributed by atoms with Gasteiger partial charge in [-0.1, -0.05) is 26.7 Å². The lowest BCUT2D eigenvalue weighted by atomic mass is 9.82. The molecule has 0 radical (unpaired) electrons. The molecule has 92 valence electrons. The zero-order valence-corrected chi connectivity index (χ0v) is 10.3. The van der Waals surface area contributed by atoms with E-state index in [-0.39, 0.29) is 5.92 Å². The molecule has 0 bridgehead atoms. The summed E-state index contributed by atoms with van der Waals surface area (Å²) in [6.07, 6.45) is 5.00. The number of carboxylic acid groups (broad SMARTS) is 1. The molecule has 17 heavy (non-hydrogen) atoms. The summed E-state index contributed by atoms with van der Waals surface area (Å²) in [4.78, 5) is 20.2. The van der Waals surface area contributed by atoms with Crippen LogP contribution in [0.4, 0.5) is 0 Å². The lowest BCUT2D eigenvalue weighted by Crippen LogP contribution is -2.34. The van der Waals surface area contributed by atoms with Gasteiger partial charge in [-0.15, -0.1) is 0 Å². The van der Waals surface area contributed by atoms with E-state index in [0.29, 0.717) is 18.5 Å². The quantitative estimate of drug-likeness (QED) is 0.872. The molecule has 1 fully saturated rings. The molecule has 0 saturated heterocycles. The first-order valence-corrected chi connectivity index (χ1v) is 6.13. The zero-order valence-electron chi connectivity index (χ0n) is 10.3. The molecular weight excluding hydrogens is 216 g/mol. The molecule has 0 unspecified atom stereocenters. The van der Waals surface area contributed by atoms with E-state index in [1.54, 1.807) is 12.3 Å². The number of hydrogen-bond donors (Lipinski definition) is 1. The fraction of sp³-hybridized carbons (Fsp3) is 0.615. The summed E-state index contributed by atoms with van der Waals surface area (Å²) in [7, 11) is 0. The van der Waals surface area contributed by atoms with E-state index in [1.165, 1.54) is 0 Å². The number of carbonyl (C=O) groups is 1. The van der Waals surface area contributed by atoms with Gasteiger partial charge in [-0.05, 0) is 18.9 Å². The zero-order chi connectivity index (χ0) is 12.5. The molecule has 0 aliphatic heterocycles. The molecule has 0 atom stereocenters. The number of rotatable bonds is 3. The number of nitrogens with zero attached hydrogens (tertiary/aromatic N) is 2. The molecular formula is C13H18N2O2. The minimum Gasteiger partial charge on any atom is -0.481 e. The predicted octanol–water partition coefficient (Wildman–Crippen LogP) is 2.50. The lowest BCUT2D eigenvalue weighted by molar-refractivity contribution is -0.143. The second-order valence-electron chi connectivity index (χ2n) is 5.05. The van der Waals surface area contributed by atoms with E-state index in [4.69, 9.17) is 0 Å². The molecule has 1 N–H and O–H groups in total. The third-order valence-corrected chi connectivity index (χ3v) is 3.55. The van der Waals surface area contributed by atoms with Gasteiger partial charge >= 0.3 is 5.97 Å². The van der Waals surface area contributed by atoms with Crippen LogP contribution in [-0.4, -0.2) is 21.0 Å². The molecule has 1 saturated carbocycles. The van der Waals surface area contributed by atoms with Crippen molar-refractivity contribution in [1.82, 2.24) is 9.97 Å². The SMILES string of the molecule is CC(C)c1nccc(C2(C(=O)O)CCCC2)n1. The minimum absolute atomic E-state index is 0.224. The van der Waals surface area contributed by atoms with Crippen LogP contribution in [0.1, 0.15) is 57.0 Å². The van der Waals surface area contributed by atoms with E-state index in [2.05, 4.69) is 9.97 Å². The molecule has 0 aromatic carbocycles. The first-order valence-electron chi connectivity index (χ1n) is 6.13. The Labute approximate surface area is 101 Å². The van der Waals surface area contributed by atoms with Gasteiger partial charge in [0.05, 0.1) is 5.69 Å². The average Bonchev–Trinajstić information content (AvgIpc) is 2.79. The lowest BCUT2D eigenvalue weighted by Gasteiger charge is -2.23. The number of carboxylic acids is 1. The Hall–Kier alpha value is -1.45. The van der Waals surface area contributed by atoms with E-state index in [9.17, 15) is 9.90 Å². The molecule has 1 heterocycles. The first-order chi connectivity index (χ1) is 8.06. The molecule has 1 aromatic heterocycles. The van der Waals surface area contributed by atoms with Crippen molar-refractivity contribution in [1.29, 1.82) is 0 Å². The summed E-state index contributed by atoms with van der Waals surface area (Å²) in [6.45, 7) is 4.03. The van der Waals surface area contributed by atoms with Gasteiger partial charge in [-0.3, -0.25) is 4.79 Å². The second-order valence-corrected chi connectivity index (χ2v) is 5.05. The molecule has 1 aliphatic rings. The topological polar surface area (TPSA) is 63.1 Å². The largest absolute Gasteiger partial charge is 0.481 e. The van der Waals surface area contributed by atoms with Gasteiger partial charge in [0.25, 0.3) is 0 Å². The Bertz CT molecular complexity index is 423. The number of aromatic nitrogens is 2. The van der Waals surface area contributed by atoms with E-state index >= 15 is 0 Å². The van der Waals surface area contributed by atoms with Gasteiger partial charge in [-0.25, -0.2) is 9.97 Å².